The van der Waals surface area contributed by atoms with E-state index in [1.165, 1.54) is 0 Å². The zero-order chi connectivity index (χ0) is 45.9. The molecular formula is C46H65N9O9. The summed E-state index contributed by atoms with van der Waals surface area (Å²) in [5.74, 6) is -0.685. The van der Waals surface area contributed by atoms with Crippen molar-refractivity contribution in [3.05, 3.63) is 82.2 Å². The normalized spacial score (nSPS) is 31.5. The summed E-state index contributed by atoms with van der Waals surface area (Å²) < 4.78 is 10.5. The van der Waals surface area contributed by atoms with Crippen molar-refractivity contribution < 1.29 is 43.7 Å². The second kappa shape index (κ2) is 22.5. The van der Waals surface area contributed by atoms with Gasteiger partial charge in [0.25, 0.3) is 0 Å². The summed E-state index contributed by atoms with van der Waals surface area (Å²) in [6.45, 7) is 6.52. The van der Waals surface area contributed by atoms with Gasteiger partial charge >= 0.3 is 12.2 Å². The zero-order valence-electron chi connectivity index (χ0n) is 37.1. The van der Waals surface area contributed by atoms with Crippen LogP contribution in [0.15, 0.2) is 65.8 Å². The first-order chi connectivity index (χ1) is 30.8. The van der Waals surface area contributed by atoms with Gasteiger partial charge in [0, 0.05) is 72.8 Å². The van der Waals surface area contributed by atoms with E-state index in [1.807, 2.05) is 89.2 Å². The number of carbonyl (C=O) groups excluding carboxylic acids is 5. The van der Waals surface area contributed by atoms with Crippen LogP contribution in [0.4, 0.5) is 9.59 Å². The van der Waals surface area contributed by atoms with Crippen LogP contribution in [0.3, 0.4) is 0 Å². The molecule has 2 aromatic rings. The zero-order valence-corrected chi connectivity index (χ0v) is 37.1. The van der Waals surface area contributed by atoms with Gasteiger partial charge in [0.15, 0.2) is 0 Å². The highest BCUT2D eigenvalue weighted by Crippen LogP contribution is 2.37. The molecule has 6 aliphatic rings. The first kappa shape index (κ1) is 48.0. The largest absolute Gasteiger partial charge is 0.445 e. The summed E-state index contributed by atoms with van der Waals surface area (Å²) in [4.78, 5) is 70.3. The number of aliphatic hydroxyl groups excluding tert-OH is 2. The van der Waals surface area contributed by atoms with Crippen LogP contribution in [0.5, 0.6) is 0 Å². The topological polar surface area (TPSA) is 253 Å². The van der Waals surface area contributed by atoms with E-state index < -0.39 is 30.3 Å². The fourth-order valence-electron chi connectivity index (χ4n) is 10.5. The van der Waals surface area contributed by atoms with Gasteiger partial charge in [-0.2, -0.15) is 0 Å². The van der Waals surface area contributed by atoms with Crippen molar-refractivity contribution in [2.24, 2.45) is 28.6 Å². The fraction of sp³-hybridized carbons (Fsp3) is 0.630. The number of benzene rings is 2. The molecule has 2 aromatic carbocycles. The summed E-state index contributed by atoms with van der Waals surface area (Å²) in [5.41, 5.74) is 16.2. The summed E-state index contributed by atoms with van der Waals surface area (Å²) >= 11 is 0. The van der Waals surface area contributed by atoms with E-state index in [9.17, 15) is 29.1 Å². The Bertz CT molecular complexity index is 1960. The minimum Gasteiger partial charge on any atom is -0.445 e. The van der Waals surface area contributed by atoms with Gasteiger partial charge in [-0.15, -0.1) is 0 Å². The third-order valence-electron chi connectivity index (χ3n) is 13.9. The number of nitrogens with two attached hydrogens (primary N) is 1. The summed E-state index contributed by atoms with van der Waals surface area (Å²) in [6.07, 6.45) is 7.03. The Morgan fingerprint density at radius 3 is 1.47 bits per heavy atom. The Morgan fingerprint density at radius 1 is 0.656 bits per heavy atom. The molecule has 0 spiro atoms. The molecule has 0 aromatic heterocycles. The molecule has 6 N–H and O–H groups in total. The number of nitrogens with zero attached hydrogens (tertiary/aromatic N) is 6. The predicted molar refractivity (Wildman–Crippen MR) is 236 cm³/mol. The number of ether oxygens (including phenoxy) is 2. The monoisotopic (exact) mass is 887 g/mol. The van der Waals surface area contributed by atoms with Crippen molar-refractivity contribution >= 4 is 29.9 Å². The number of piperidine rings is 3. The molecule has 18 heteroatoms. The van der Waals surface area contributed by atoms with Crippen LogP contribution in [-0.4, -0.2) is 129 Å². The molecule has 12 atom stereocenters. The number of azide groups is 1. The van der Waals surface area contributed by atoms with Gasteiger partial charge in [0.2, 0.25) is 17.7 Å². The molecule has 0 aliphatic carbocycles. The van der Waals surface area contributed by atoms with E-state index in [4.69, 9.17) is 25.8 Å². The molecular weight excluding hydrogens is 823 g/mol. The van der Waals surface area contributed by atoms with Crippen molar-refractivity contribution in [2.75, 3.05) is 19.8 Å². The molecule has 9 unspecified atom stereocenters. The van der Waals surface area contributed by atoms with Crippen LogP contribution < -0.4 is 16.4 Å². The third-order valence-corrected chi connectivity index (χ3v) is 13.9. The number of nitrogens with one attached hydrogen (secondary N) is 2. The molecule has 348 valence electrons. The lowest BCUT2D eigenvalue weighted by molar-refractivity contribution is -0.143. The summed E-state index contributed by atoms with van der Waals surface area (Å²) in [6, 6.07) is 18.1. The second-order valence-corrected chi connectivity index (χ2v) is 18.1. The van der Waals surface area contributed by atoms with E-state index in [2.05, 4.69) is 27.6 Å². The minimum absolute atomic E-state index is 0.0327. The molecule has 8 rings (SSSR count). The van der Waals surface area contributed by atoms with Gasteiger partial charge in [0.05, 0.1) is 6.04 Å². The number of alkyl carbamates (subject to hydrolysis) is 2. The maximum atomic E-state index is 12.9. The standard InChI is InChI=1S/C18H23N5O3.C18H24N2O4.C10H18N2O2/c1-12-7-8-15-9-14(10-20-22-19)16(17(24)23(12)15)21-18(25)26-11-13-5-3-2-4-6-13;1-12-7-8-15-9-14(10-21)16(17(22)20(12)15)19-18(23)24-11-13-5-3-2-4-6-13;1-6-2-3-8-4-7(5-13)9(11)10(14)12(6)8/h2-6,12,14-16H,7-11H2,1H3,(H,21,25);2-6,12,14-16,21H,7-11H2,1H3,(H,19,23);6-9,13H,2-5,11H2,1H3/t2*12-,14?,15?,16?;6-,7?,8?,9?/m111/s1. The number of carbonyl (C=O) groups is 5. The second-order valence-electron chi connectivity index (χ2n) is 18.1. The number of fused-ring (bicyclic) bond motifs is 3. The van der Waals surface area contributed by atoms with Gasteiger partial charge in [-0.1, -0.05) is 65.8 Å². The van der Waals surface area contributed by atoms with Gasteiger partial charge in [-0.3, -0.25) is 14.4 Å². The van der Waals surface area contributed by atoms with E-state index in [-0.39, 0.29) is 92.6 Å². The average Bonchev–Trinajstić information content (AvgIpc) is 4.00. The number of hydrogen-bond acceptors (Lipinski definition) is 11. The quantitative estimate of drug-likeness (QED) is 0.128. The third kappa shape index (κ3) is 11.4. The lowest BCUT2D eigenvalue weighted by atomic mass is 9.86. The lowest BCUT2D eigenvalue weighted by Gasteiger charge is -2.41. The highest BCUT2D eigenvalue weighted by molar-refractivity contribution is 5.88. The van der Waals surface area contributed by atoms with E-state index in [0.717, 1.165) is 68.9 Å². The van der Waals surface area contributed by atoms with Crippen LogP contribution in [0, 0.1) is 17.8 Å². The lowest BCUT2D eigenvalue weighted by Crippen LogP contribution is -2.60. The summed E-state index contributed by atoms with van der Waals surface area (Å²) in [5, 5.41) is 27.7. The Morgan fingerprint density at radius 2 is 1.05 bits per heavy atom. The van der Waals surface area contributed by atoms with Crippen molar-refractivity contribution in [1.29, 1.82) is 0 Å². The highest BCUT2D eigenvalue weighted by Gasteiger charge is 2.48. The van der Waals surface area contributed by atoms with Crippen molar-refractivity contribution in [3.63, 3.8) is 0 Å². The van der Waals surface area contributed by atoms with Gasteiger partial charge < -0.3 is 50.8 Å². The molecule has 6 saturated heterocycles. The average molecular weight is 888 g/mol. The van der Waals surface area contributed by atoms with Crippen LogP contribution in [0.2, 0.25) is 0 Å². The smallest absolute Gasteiger partial charge is 0.408 e. The van der Waals surface area contributed by atoms with Crippen molar-refractivity contribution in [2.45, 2.75) is 146 Å². The number of rotatable bonds is 10. The predicted octanol–water partition coefficient (Wildman–Crippen LogP) is 4.37. The number of hydrogen-bond donors (Lipinski definition) is 5. The minimum atomic E-state index is -0.722. The molecule has 0 bridgehead atoms. The molecule has 6 fully saturated rings. The Balaban J connectivity index is 0.000000166. The van der Waals surface area contributed by atoms with Gasteiger partial charge in [0.1, 0.15) is 25.3 Å². The molecule has 6 heterocycles. The van der Waals surface area contributed by atoms with Crippen molar-refractivity contribution in [3.8, 4) is 0 Å². The van der Waals surface area contributed by atoms with Gasteiger partial charge in [-0.05, 0) is 101 Å². The molecule has 18 nitrogen and oxygen atoms in total. The van der Waals surface area contributed by atoms with Crippen LogP contribution in [0.1, 0.15) is 89.7 Å². The maximum Gasteiger partial charge on any atom is 0.408 e. The summed E-state index contributed by atoms with van der Waals surface area (Å²) in [7, 11) is 0. The fourth-order valence-corrected chi connectivity index (χ4v) is 10.5. The molecule has 5 amide bonds. The van der Waals surface area contributed by atoms with Gasteiger partial charge in [-0.25, -0.2) is 9.59 Å². The first-order valence-corrected chi connectivity index (χ1v) is 22.7. The number of amides is 5. The Hall–Kier alpha value is -5.42. The number of aliphatic hydroxyl groups is 2. The highest BCUT2D eigenvalue weighted by atomic mass is 16.6. The van der Waals surface area contributed by atoms with E-state index in [1.54, 1.807) is 0 Å². The molecule has 0 radical (unpaired) electrons. The first-order valence-electron chi connectivity index (χ1n) is 22.7. The van der Waals surface area contributed by atoms with Crippen LogP contribution >= 0.6 is 0 Å². The van der Waals surface area contributed by atoms with Crippen LogP contribution in [-0.2, 0) is 37.1 Å². The van der Waals surface area contributed by atoms with E-state index >= 15 is 0 Å². The Labute approximate surface area is 374 Å². The molecule has 0 saturated carbocycles. The maximum absolute atomic E-state index is 12.9. The van der Waals surface area contributed by atoms with E-state index in [0.29, 0.717) is 12.1 Å². The van der Waals surface area contributed by atoms with Crippen LogP contribution in [0.25, 0.3) is 10.4 Å². The van der Waals surface area contributed by atoms with Crippen molar-refractivity contribution in [1.82, 2.24) is 25.3 Å². The SMILES string of the molecule is C[C@@H]1CCC2CC(CN=[N+]=[N-])C(NC(=O)OCc3ccccc3)C(=O)N21.C[C@@H]1CCC2CC(CO)C(N)C(=O)N21.C[C@@H]1CCC2CC(CO)C(NC(=O)OCc3ccccc3)C(=O)N21. The molecule has 64 heavy (non-hydrogen) atoms. The Kier molecular flexibility index (Phi) is 16.9. The molecule has 6 aliphatic heterocycles.